The molecule has 0 atom stereocenters. The summed E-state index contributed by atoms with van der Waals surface area (Å²) in [7, 11) is 0. The number of halogens is 1. The molecule has 0 aliphatic carbocycles. The van der Waals surface area contributed by atoms with Gasteiger partial charge in [0.25, 0.3) is 0 Å². The zero-order valence-electron chi connectivity index (χ0n) is 7.48. The van der Waals surface area contributed by atoms with E-state index in [4.69, 9.17) is 16.7 Å². The summed E-state index contributed by atoms with van der Waals surface area (Å²) in [5.41, 5.74) is 0.413. The molecule has 0 unspecified atom stereocenters. The Kier molecular flexibility index (Phi) is 2.41. The summed E-state index contributed by atoms with van der Waals surface area (Å²) in [4.78, 5) is 22.9. The van der Waals surface area contributed by atoms with Gasteiger partial charge in [-0.3, -0.25) is 5.32 Å². The number of nitrogens with one attached hydrogen (secondary N) is 1. The molecular weight excluding hydrogens is 240 g/mol. The first kappa shape index (κ1) is 10.1. The second-order valence-electron chi connectivity index (χ2n) is 2.66. The number of rotatable bonds is 1. The molecule has 2 rings (SSSR count). The van der Waals surface area contributed by atoms with Crippen LogP contribution in [0.3, 0.4) is 0 Å². The maximum atomic E-state index is 10.4. The molecule has 0 bridgehead atoms. The third kappa shape index (κ3) is 1.97. The normalized spacial score (nSPS) is 10.5. The Morgan fingerprint density at radius 3 is 2.87 bits per heavy atom. The molecule has 0 saturated carbocycles. The van der Waals surface area contributed by atoms with Gasteiger partial charge in [-0.05, 0) is 6.92 Å². The highest BCUT2D eigenvalue weighted by Gasteiger charge is 2.11. The number of carbonyl (C=O) groups is 1. The highest BCUT2D eigenvalue weighted by atomic mass is 35.5. The molecule has 0 radical (unpaired) electrons. The van der Waals surface area contributed by atoms with Crippen molar-refractivity contribution < 1.29 is 9.90 Å². The van der Waals surface area contributed by atoms with Crippen LogP contribution in [0.15, 0.2) is 0 Å². The van der Waals surface area contributed by atoms with Crippen LogP contribution in [-0.2, 0) is 0 Å². The Labute approximate surface area is 93.0 Å². The minimum absolute atomic E-state index is 0.229. The van der Waals surface area contributed by atoms with Gasteiger partial charge in [-0.25, -0.2) is 19.7 Å². The van der Waals surface area contributed by atoms with E-state index in [0.29, 0.717) is 16.2 Å². The number of thiazole rings is 1. The number of nitrogens with zero attached hydrogens (tertiary/aromatic N) is 3. The van der Waals surface area contributed by atoms with Crippen molar-refractivity contribution in [2.24, 2.45) is 0 Å². The van der Waals surface area contributed by atoms with Crippen molar-refractivity contribution in [1.29, 1.82) is 0 Å². The summed E-state index contributed by atoms with van der Waals surface area (Å²) in [5, 5.41) is 11.1. The quantitative estimate of drug-likeness (QED) is 0.751. The lowest BCUT2D eigenvalue weighted by Crippen LogP contribution is -2.06. The second kappa shape index (κ2) is 3.59. The predicted octanol–water partition coefficient (Wildman–Crippen LogP) is 2.14. The van der Waals surface area contributed by atoms with E-state index in [-0.39, 0.29) is 10.3 Å². The van der Waals surface area contributed by atoms with Crippen molar-refractivity contribution in [1.82, 2.24) is 15.0 Å². The summed E-state index contributed by atoms with van der Waals surface area (Å²) < 4.78 is 0. The molecule has 6 nitrogen and oxygen atoms in total. The molecule has 2 heterocycles. The molecule has 0 aliphatic heterocycles. The van der Waals surface area contributed by atoms with Gasteiger partial charge in [0.2, 0.25) is 0 Å². The van der Waals surface area contributed by atoms with Crippen molar-refractivity contribution in [3.8, 4) is 0 Å². The van der Waals surface area contributed by atoms with E-state index in [9.17, 15) is 4.79 Å². The number of carboxylic acid groups (broad SMARTS) is 1. The number of amides is 1. The molecule has 2 N–H and O–H groups in total. The highest BCUT2D eigenvalue weighted by molar-refractivity contribution is 7.22. The van der Waals surface area contributed by atoms with Crippen LogP contribution in [0.1, 0.15) is 5.82 Å². The largest absolute Gasteiger partial charge is 0.465 e. The third-order valence-corrected chi connectivity index (χ3v) is 2.67. The summed E-state index contributed by atoms with van der Waals surface area (Å²) in [5.74, 6) is 0.526. The Morgan fingerprint density at radius 1 is 1.47 bits per heavy atom. The number of hydrogen-bond donors (Lipinski definition) is 2. The van der Waals surface area contributed by atoms with Crippen LogP contribution < -0.4 is 5.32 Å². The zero-order valence-corrected chi connectivity index (χ0v) is 9.06. The maximum absolute atomic E-state index is 10.4. The van der Waals surface area contributed by atoms with Gasteiger partial charge in [-0.2, -0.15) is 0 Å². The number of anilines is 1. The van der Waals surface area contributed by atoms with Gasteiger partial charge in [0, 0.05) is 0 Å². The molecular formula is C7H5ClN4O2S. The number of aryl methyl sites for hydroxylation is 1. The first-order chi connectivity index (χ1) is 7.06. The Balaban J connectivity index is 2.55. The lowest BCUT2D eigenvalue weighted by atomic mass is 10.5. The monoisotopic (exact) mass is 244 g/mol. The van der Waals surface area contributed by atoms with Crippen LogP contribution in [0, 0.1) is 6.92 Å². The molecule has 0 aliphatic rings. The third-order valence-electron chi connectivity index (χ3n) is 1.54. The van der Waals surface area contributed by atoms with Crippen LogP contribution in [0.4, 0.5) is 9.93 Å². The van der Waals surface area contributed by atoms with Crippen LogP contribution in [0.2, 0.25) is 5.15 Å². The van der Waals surface area contributed by atoms with E-state index in [0.717, 1.165) is 11.3 Å². The number of fused-ring (bicyclic) bond motifs is 1. The van der Waals surface area contributed by atoms with Gasteiger partial charge in [-0.1, -0.05) is 22.9 Å². The van der Waals surface area contributed by atoms with Crippen molar-refractivity contribution in [2.75, 3.05) is 5.32 Å². The van der Waals surface area contributed by atoms with Crippen molar-refractivity contribution in [3.05, 3.63) is 11.0 Å². The standard InChI is InChI=1S/C7H5ClN4O2S/c1-2-9-4(8)3-5(10-2)15-6(11-3)12-7(13)14/h1H3,(H,11,12)(H,13,14). The van der Waals surface area contributed by atoms with Crippen molar-refractivity contribution in [2.45, 2.75) is 6.92 Å². The van der Waals surface area contributed by atoms with Crippen LogP contribution in [0.5, 0.6) is 0 Å². The molecule has 0 saturated heterocycles. The van der Waals surface area contributed by atoms with Crippen molar-refractivity contribution >= 4 is 44.5 Å². The zero-order chi connectivity index (χ0) is 11.0. The fourth-order valence-corrected chi connectivity index (χ4v) is 2.22. The predicted molar refractivity (Wildman–Crippen MR) is 56.6 cm³/mol. The fourth-order valence-electron chi connectivity index (χ4n) is 1.03. The maximum Gasteiger partial charge on any atom is 0.410 e. The van der Waals surface area contributed by atoms with Crippen molar-refractivity contribution in [3.63, 3.8) is 0 Å². The second-order valence-corrected chi connectivity index (χ2v) is 4.00. The lowest BCUT2D eigenvalue weighted by Gasteiger charge is -1.92. The molecule has 0 aromatic carbocycles. The van der Waals surface area contributed by atoms with E-state index in [1.807, 2.05) is 0 Å². The van der Waals surface area contributed by atoms with E-state index >= 15 is 0 Å². The minimum atomic E-state index is -1.17. The summed E-state index contributed by atoms with van der Waals surface area (Å²) in [6.07, 6.45) is -1.17. The molecule has 0 fully saturated rings. The summed E-state index contributed by atoms with van der Waals surface area (Å²) in [6, 6.07) is 0. The number of aromatic nitrogens is 3. The molecule has 78 valence electrons. The smallest absolute Gasteiger partial charge is 0.410 e. The van der Waals surface area contributed by atoms with E-state index < -0.39 is 6.09 Å². The minimum Gasteiger partial charge on any atom is -0.465 e. The Morgan fingerprint density at radius 2 is 2.20 bits per heavy atom. The first-order valence-corrected chi connectivity index (χ1v) is 5.06. The SMILES string of the molecule is Cc1nc(Cl)c2nc(NC(=O)O)sc2n1. The molecule has 15 heavy (non-hydrogen) atoms. The Hall–Kier alpha value is -1.47. The number of hydrogen-bond acceptors (Lipinski definition) is 5. The Bertz CT molecular complexity index is 541. The van der Waals surface area contributed by atoms with Crippen LogP contribution in [-0.4, -0.2) is 26.2 Å². The van der Waals surface area contributed by atoms with Gasteiger partial charge in [0.1, 0.15) is 11.3 Å². The molecule has 2 aromatic rings. The average Bonchev–Trinajstić information content (AvgIpc) is 2.45. The fraction of sp³-hybridized carbons (Fsp3) is 0.143. The molecule has 1 amide bonds. The topological polar surface area (TPSA) is 88.0 Å². The van der Waals surface area contributed by atoms with Crippen LogP contribution >= 0.6 is 22.9 Å². The van der Waals surface area contributed by atoms with E-state index in [2.05, 4.69) is 20.3 Å². The summed E-state index contributed by atoms with van der Waals surface area (Å²) >= 11 is 6.95. The van der Waals surface area contributed by atoms with Crippen LogP contribution in [0.25, 0.3) is 10.3 Å². The van der Waals surface area contributed by atoms with E-state index in [1.54, 1.807) is 6.92 Å². The van der Waals surface area contributed by atoms with Gasteiger partial charge in [0.05, 0.1) is 0 Å². The summed E-state index contributed by atoms with van der Waals surface area (Å²) in [6.45, 7) is 1.70. The molecule has 0 spiro atoms. The first-order valence-electron chi connectivity index (χ1n) is 3.87. The highest BCUT2D eigenvalue weighted by Crippen LogP contribution is 2.28. The molecule has 2 aromatic heterocycles. The van der Waals surface area contributed by atoms with E-state index in [1.165, 1.54) is 0 Å². The van der Waals surface area contributed by atoms with Gasteiger partial charge < -0.3 is 5.11 Å². The lowest BCUT2D eigenvalue weighted by molar-refractivity contribution is 0.210. The van der Waals surface area contributed by atoms with Gasteiger partial charge >= 0.3 is 6.09 Å². The average molecular weight is 245 g/mol. The van der Waals surface area contributed by atoms with Gasteiger partial charge in [0.15, 0.2) is 15.1 Å². The van der Waals surface area contributed by atoms with Gasteiger partial charge in [-0.15, -0.1) is 0 Å². The molecule has 8 heteroatoms.